The van der Waals surface area contributed by atoms with Crippen molar-refractivity contribution in [2.75, 3.05) is 53.6 Å². The number of rotatable bonds is 8. The first-order valence-electron chi connectivity index (χ1n) is 9.40. The van der Waals surface area contributed by atoms with Gasteiger partial charge in [0, 0.05) is 46.8 Å². The van der Waals surface area contributed by atoms with Crippen molar-refractivity contribution >= 4 is 5.96 Å². The molecule has 0 bridgehead atoms. The highest BCUT2D eigenvalue weighted by Gasteiger charge is 2.32. The first-order chi connectivity index (χ1) is 12.6. The van der Waals surface area contributed by atoms with Gasteiger partial charge < -0.3 is 24.4 Å². The summed E-state index contributed by atoms with van der Waals surface area (Å²) in [4.78, 5) is 6.91. The van der Waals surface area contributed by atoms with Crippen LogP contribution in [0.15, 0.2) is 29.3 Å². The van der Waals surface area contributed by atoms with E-state index in [0.29, 0.717) is 13.2 Å². The van der Waals surface area contributed by atoms with Gasteiger partial charge in [-0.2, -0.15) is 0 Å². The van der Waals surface area contributed by atoms with Gasteiger partial charge in [0.15, 0.2) is 5.96 Å². The Kier molecular flexibility index (Phi) is 8.19. The SMILES string of the molecule is CCNC(=NCC1(OC)CCOCC1)N(C)CCOc1ccc(C)cc1. The zero-order chi connectivity index (χ0) is 18.8. The van der Waals surface area contributed by atoms with Crippen LogP contribution in [-0.2, 0) is 9.47 Å². The molecule has 0 spiro atoms. The molecule has 6 nitrogen and oxygen atoms in total. The highest BCUT2D eigenvalue weighted by molar-refractivity contribution is 5.79. The van der Waals surface area contributed by atoms with Crippen LogP contribution < -0.4 is 10.1 Å². The van der Waals surface area contributed by atoms with Gasteiger partial charge in [0.1, 0.15) is 12.4 Å². The first-order valence-corrected chi connectivity index (χ1v) is 9.40. The molecule has 1 aromatic carbocycles. The number of nitrogens with zero attached hydrogens (tertiary/aromatic N) is 2. The molecule has 1 fully saturated rings. The number of hydrogen-bond donors (Lipinski definition) is 1. The van der Waals surface area contributed by atoms with Crippen LogP contribution in [0.5, 0.6) is 5.75 Å². The van der Waals surface area contributed by atoms with Gasteiger partial charge in [0.2, 0.25) is 0 Å². The van der Waals surface area contributed by atoms with E-state index in [-0.39, 0.29) is 5.60 Å². The van der Waals surface area contributed by atoms with Crippen LogP contribution in [0, 0.1) is 6.92 Å². The van der Waals surface area contributed by atoms with Gasteiger partial charge in [0.05, 0.1) is 18.7 Å². The number of ether oxygens (including phenoxy) is 3. The van der Waals surface area contributed by atoms with Gasteiger partial charge in [-0.3, -0.25) is 4.99 Å². The van der Waals surface area contributed by atoms with Crippen molar-refractivity contribution in [3.8, 4) is 5.75 Å². The lowest BCUT2D eigenvalue weighted by Gasteiger charge is -2.35. The topological polar surface area (TPSA) is 55.3 Å². The molecule has 0 unspecified atom stereocenters. The summed E-state index contributed by atoms with van der Waals surface area (Å²) in [5.41, 5.74) is 1.02. The minimum absolute atomic E-state index is 0.210. The largest absolute Gasteiger partial charge is 0.492 e. The Bertz CT molecular complexity index is 554. The number of aliphatic imine (C=N–C) groups is 1. The van der Waals surface area contributed by atoms with E-state index in [2.05, 4.69) is 36.2 Å². The van der Waals surface area contributed by atoms with Gasteiger partial charge >= 0.3 is 0 Å². The van der Waals surface area contributed by atoms with Gasteiger partial charge in [-0.15, -0.1) is 0 Å². The number of aryl methyl sites for hydroxylation is 1. The molecule has 0 aromatic heterocycles. The molecule has 1 aromatic rings. The molecule has 2 rings (SSSR count). The Morgan fingerprint density at radius 3 is 2.58 bits per heavy atom. The summed E-state index contributed by atoms with van der Waals surface area (Å²) in [6.45, 7) is 8.44. The predicted octanol–water partition coefficient (Wildman–Crippen LogP) is 2.47. The summed E-state index contributed by atoms with van der Waals surface area (Å²) in [5.74, 6) is 1.77. The summed E-state index contributed by atoms with van der Waals surface area (Å²) in [5, 5.41) is 3.35. The Balaban J connectivity index is 1.88. The zero-order valence-electron chi connectivity index (χ0n) is 16.6. The van der Waals surface area contributed by atoms with Crippen molar-refractivity contribution in [3.63, 3.8) is 0 Å². The van der Waals surface area contributed by atoms with Crippen molar-refractivity contribution < 1.29 is 14.2 Å². The molecule has 6 heteroatoms. The Morgan fingerprint density at radius 1 is 1.27 bits per heavy atom. The summed E-state index contributed by atoms with van der Waals surface area (Å²) in [7, 11) is 3.80. The molecule has 1 saturated heterocycles. The number of methoxy groups -OCH3 is 1. The Labute approximate surface area is 157 Å². The zero-order valence-corrected chi connectivity index (χ0v) is 16.6. The standard InChI is InChI=1S/C20H33N3O3/c1-5-21-19(22-16-20(24-4)10-13-25-14-11-20)23(3)12-15-26-18-8-6-17(2)7-9-18/h6-9H,5,10-16H2,1-4H3,(H,21,22). The van der Waals surface area contributed by atoms with E-state index >= 15 is 0 Å². The number of benzene rings is 1. The van der Waals surface area contributed by atoms with Gasteiger partial charge in [-0.25, -0.2) is 0 Å². The fraction of sp³-hybridized carbons (Fsp3) is 0.650. The molecular formula is C20H33N3O3. The van der Waals surface area contributed by atoms with Crippen LogP contribution in [0.4, 0.5) is 0 Å². The third-order valence-electron chi connectivity index (χ3n) is 4.77. The third kappa shape index (κ3) is 6.18. The number of hydrogen-bond acceptors (Lipinski definition) is 4. The van der Waals surface area contributed by atoms with E-state index in [9.17, 15) is 0 Å². The summed E-state index contributed by atoms with van der Waals surface area (Å²) in [6.07, 6.45) is 1.76. The maximum absolute atomic E-state index is 5.83. The minimum atomic E-state index is -0.210. The average molecular weight is 364 g/mol. The second-order valence-corrected chi connectivity index (χ2v) is 6.75. The molecule has 1 aliphatic heterocycles. The fourth-order valence-corrected chi connectivity index (χ4v) is 2.90. The minimum Gasteiger partial charge on any atom is -0.492 e. The lowest BCUT2D eigenvalue weighted by Crippen LogP contribution is -2.45. The van der Waals surface area contributed by atoms with E-state index in [1.54, 1.807) is 7.11 Å². The van der Waals surface area contributed by atoms with Gasteiger partial charge in [-0.1, -0.05) is 17.7 Å². The van der Waals surface area contributed by atoms with E-state index in [0.717, 1.165) is 50.9 Å². The van der Waals surface area contributed by atoms with Gasteiger partial charge in [-0.05, 0) is 26.0 Å². The summed E-state index contributed by atoms with van der Waals surface area (Å²) in [6, 6.07) is 8.12. The van der Waals surface area contributed by atoms with E-state index in [1.165, 1.54) is 5.56 Å². The first kappa shape index (κ1) is 20.5. The molecule has 1 N–H and O–H groups in total. The lowest BCUT2D eigenvalue weighted by atomic mass is 9.94. The molecular weight excluding hydrogens is 330 g/mol. The maximum Gasteiger partial charge on any atom is 0.193 e. The predicted molar refractivity (Wildman–Crippen MR) is 105 cm³/mol. The third-order valence-corrected chi connectivity index (χ3v) is 4.77. The lowest BCUT2D eigenvalue weighted by molar-refractivity contribution is -0.0829. The fourth-order valence-electron chi connectivity index (χ4n) is 2.90. The quantitative estimate of drug-likeness (QED) is 0.568. The van der Waals surface area contributed by atoms with E-state index in [4.69, 9.17) is 19.2 Å². The smallest absolute Gasteiger partial charge is 0.193 e. The van der Waals surface area contributed by atoms with Crippen LogP contribution >= 0.6 is 0 Å². The van der Waals surface area contributed by atoms with Crippen molar-refractivity contribution in [3.05, 3.63) is 29.8 Å². The molecule has 0 atom stereocenters. The maximum atomic E-state index is 5.83. The summed E-state index contributed by atoms with van der Waals surface area (Å²) >= 11 is 0. The second kappa shape index (κ2) is 10.4. The molecule has 0 aliphatic carbocycles. The average Bonchev–Trinajstić information content (AvgIpc) is 2.67. The van der Waals surface area contributed by atoms with Crippen LogP contribution in [0.25, 0.3) is 0 Å². The molecule has 0 saturated carbocycles. The Hall–Kier alpha value is -1.79. The highest BCUT2D eigenvalue weighted by atomic mass is 16.5. The van der Waals surface area contributed by atoms with E-state index in [1.807, 2.05) is 19.2 Å². The highest BCUT2D eigenvalue weighted by Crippen LogP contribution is 2.24. The van der Waals surface area contributed by atoms with Crippen molar-refractivity contribution in [1.29, 1.82) is 0 Å². The van der Waals surface area contributed by atoms with Crippen molar-refractivity contribution in [2.24, 2.45) is 4.99 Å². The number of likely N-dealkylation sites (N-methyl/N-ethyl adjacent to an activating group) is 1. The van der Waals surface area contributed by atoms with Crippen LogP contribution in [0.2, 0.25) is 0 Å². The molecule has 146 valence electrons. The van der Waals surface area contributed by atoms with Gasteiger partial charge in [0.25, 0.3) is 0 Å². The van der Waals surface area contributed by atoms with Crippen molar-refractivity contribution in [2.45, 2.75) is 32.3 Å². The number of guanidine groups is 1. The summed E-state index contributed by atoms with van der Waals surface area (Å²) < 4.78 is 17.1. The second-order valence-electron chi connectivity index (χ2n) is 6.75. The molecule has 0 radical (unpaired) electrons. The van der Waals surface area contributed by atoms with Crippen LogP contribution in [-0.4, -0.2) is 70.1 Å². The Morgan fingerprint density at radius 2 is 1.96 bits per heavy atom. The van der Waals surface area contributed by atoms with Crippen LogP contribution in [0.3, 0.4) is 0 Å². The number of nitrogens with one attached hydrogen (secondary N) is 1. The monoisotopic (exact) mass is 363 g/mol. The normalized spacial score (nSPS) is 17.0. The molecule has 0 amide bonds. The van der Waals surface area contributed by atoms with Crippen LogP contribution in [0.1, 0.15) is 25.3 Å². The molecule has 1 heterocycles. The van der Waals surface area contributed by atoms with E-state index < -0.39 is 0 Å². The molecule has 1 aliphatic rings. The van der Waals surface area contributed by atoms with Crippen molar-refractivity contribution in [1.82, 2.24) is 10.2 Å². The molecule has 26 heavy (non-hydrogen) atoms.